The molecule has 0 radical (unpaired) electrons. The van der Waals surface area contributed by atoms with E-state index in [9.17, 15) is 13.2 Å². The van der Waals surface area contributed by atoms with Crippen molar-refractivity contribution in [3.63, 3.8) is 0 Å². The van der Waals surface area contributed by atoms with Gasteiger partial charge in [-0.2, -0.15) is 0 Å². The number of carbonyl (C=O) groups is 1. The van der Waals surface area contributed by atoms with Gasteiger partial charge in [-0.15, -0.1) is 11.8 Å². The summed E-state index contributed by atoms with van der Waals surface area (Å²) in [6.45, 7) is 0. The summed E-state index contributed by atoms with van der Waals surface area (Å²) in [6, 6.07) is 12.5. The normalized spacial score (nSPS) is 14.9. The van der Waals surface area contributed by atoms with Crippen molar-refractivity contribution in [2.24, 2.45) is 0 Å². The van der Waals surface area contributed by atoms with Gasteiger partial charge in [0, 0.05) is 16.2 Å². The first-order valence-electron chi connectivity index (χ1n) is 9.79. The van der Waals surface area contributed by atoms with Crippen molar-refractivity contribution in [2.75, 3.05) is 19.5 Å². The zero-order valence-electron chi connectivity index (χ0n) is 17.1. The molecule has 30 heavy (non-hydrogen) atoms. The summed E-state index contributed by atoms with van der Waals surface area (Å²) in [7, 11) is -0.930. The maximum Gasteiger partial charge on any atom is 0.248 e. The van der Waals surface area contributed by atoms with Crippen LogP contribution in [0.2, 0.25) is 0 Å². The maximum absolute atomic E-state index is 12.5. The molecular weight excluding hydrogens is 420 g/mol. The van der Waals surface area contributed by atoms with E-state index in [2.05, 4.69) is 10.0 Å². The van der Waals surface area contributed by atoms with Gasteiger partial charge in [-0.1, -0.05) is 31.0 Å². The molecule has 1 aliphatic rings. The monoisotopic (exact) mass is 446 g/mol. The molecule has 2 aromatic carbocycles. The van der Waals surface area contributed by atoms with Crippen LogP contribution in [0.5, 0.6) is 5.75 Å². The number of hydrogen-bond donors (Lipinski definition) is 2. The minimum absolute atomic E-state index is 0.0216. The predicted octanol–water partition coefficient (Wildman–Crippen LogP) is 4.29. The average molecular weight is 447 g/mol. The van der Waals surface area contributed by atoms with E-state index in [1.807, 2.05) is 36.0 Å². The van der Waals surface area contributed by atoms with E-state index in [0.717, 1.165) is 10.6 Å². The standard InChI is InChI=1S/C22H26N2O4S2/c1-23-30(26,27)21-15-16(11-13-19(21)28-2)12-14-22(25)24-18-9-5-6-10-20(18)29-17-7-3-4-8-17/h5-6,9-15,17,23H,3-4,7-8H2,1-2H3,(H,24,25)/b14-12+. The van der Waals surface area contributed by atoms with Crippen molar-refractivity contribution in [3.05, 3.63) is 54.1 Å². The Morgan fingerprint density at radius 1 is 1.17 bits per heavy atom. The van der Waals surface area contributed by atoms with E-state index in [0.29, 0.717) is 10.8 Å². The Balaban J connectivity index is 1.73. The van der Waals surface area contributed by atoms with E-state index in [-0.39, 0.29) is 16.6 Å². The number of thioether (sulfide) groups is 1. The first-order valence-corrected chi connectivity index (χ1v) is 12.2. The largest absolute Gasteiger partial charge is 0.495 e. The topological polar surface area (TPSA) is 84.5 Å². The number of amides is 1. The quantitative estimate of drug-likeness (QED) is 0.591. The third kappa shape index (κ3) is 5.65. The van der Waals surface area contributed by atoms with Gasteiger partial charge in [-0.05, 0) is 55.8 Å². The highest BCUT2D eigenvalue weighted by Gasteiger charge is 2.19. The molecule has 1 aliphatic carbocycles. The number of nitrogens with one attached hydrogen (secondary N) is 2. The molecule has 3 rings (SSSR count). The summed E-state index contributed by atoms with van der Waals surface area (Å²) in [6.07, 6.45) is 7.93. The number of benzene rings is 2. The van der Waals surface area contributed by atoms with Crippen molar-refractivity contribution < 1.29 is 17.9 Å². The number of hydrogen-bond acceptors (Lipinski definition) is 5. The lowest BCUT2D eigenvalue weighted by Crippen LogP contribution is -2.19. The molecule has 6 nitrogen and oxygen atoms in total. The lowest BCUT2D eigenvalue weighted by molar-refractivity contribution is -0.111. The highest BCUT2D eigenvalue weighted by atomic mass is 32.2. The van der Waals surface area contributed by atoms with Gasteiger partial charge in [0.2, 0.25) is 15.9 Å². The summed E-state index contributed by atoms with van der Waals surface area (Å²) < 4.78 is 31.8. The minimum Gasteiger partial charge on any atom is -0.495 e. The van der Waals surface area contributed by atoms with Crippen LogP contribution >= 0.6 is 11.8 Å². The minimum atomic E-state index is -3.68. The van der Waals surface area contributed by atoms with Crippen molar-refractivity contribution in [1.29, 1.82) is 0 Å². The van der Waals surface area contributed by atoms with Gasteiger partial charge in [-0.3, -0.25) is 4.79 Å². The van der Waals surface area contributed by atoms with Crippen LogP contribution in [-0.2, 0) is 14.8 Å². The SMILES string of the molecule is CNS(=O)(=O)c1cc(/C=C/C(=O)Nc2ccccc2SC2CCCC2)ccc1OC. The van der Waals surface area contributed by atoms with Crippen LogP contribution in [0.1, 0.15) is 31.2 Å². The fraction of sp³-hybridized carbons (Fsp3) is 0.318. The van der Waals surface area contributed by atoms with Crippen molar-refractivity contribution >= 4 is 39.5 Å². The average Bonchev–Trinajstić information content (AvgIpc) is 3.26. The number of methoxy groups -OCH3 is 1. The Hall–Kier alpha value is -2.29. The Bertz CT molecular complexity index is 1030. The van der Waals surface area contributed by atoms with E-state index >= 15 is 0 Å². The van der Waals surface area contributed by atoms with E-state index < -0.39 is 10.0 Å². The molecule has 1 fully saturated rings. The van der Waals surface area contributed by atoms with Crippen LogP contribution in [0.4, 0.5) is 5.69 Å². The zero-order valence-corrected chi connectivity index (χ0v) is 18.7. The summed E-state index contributed by atoms with van der Waals surface area (Å²) in [5, 5.41) is 3.53. The fourth-order valence-electron chi connectivity index (χ4n) is 3.32. The Labute approximate surface area is 182 Å². The van der Waals surface area contributed by atoms with Crippen LogP contribution in [0, 0.1) is 0 Å². The van der Waals surface area contributed by atoms with Gasteiger partial charge in [0.05, 0.1) is 12.8 Å². The van der Waals surface area contributed by atoms with Crippen molar-refractivity contribution in [3.8, 4) is 5.75 Å². The summed E-state index contributed by atoms with van der Waals surface area (Å²) in [5.74, 6) is -0.0351. The van der Waals surface area contributed by atoms with Crippen LogP contribution in [0.25, 0.3) is 6.08 Å². The fourth-order valence-corrected chi connectivity index (χ4v) is 5.58. The number of carbonyl (C=O) groups excluding carboxylic acids is 1. The van der Waals surface area contributed by atoms with Gasteiger partial charge in [0.15, 0.2) is 0 Å². The molecule has 8 heteroatoms. The zero-order chi connectivity index (χ0) is 21.6. The molecular formula is C22H26N2O4S2. The lowest BCUT2D eigenvalue weighted by Gasteiger charge is -2.13. The summed E-state index contributed by atoms with van der Waals surface area (Å²) in [4.78, 5) is 13.6. The van der Waals surface area contributed by atoms with E-state index in [1.54, 1.807) is 18.2 Å². The number of ether oxygens (including phenoxy) is 1. The number of anilines is 1. The first-order chi connectivity index (χ1) is 14.4. The van der Waals surface area contributed by atoms with Crippen LogP contribution in [-0.4, -0.2) is 33.7 Å². The van der Waals surface area contributed by atoms with Crippen molar-refractivity contribution in [2.45, 2.75) is 40.7 Å². The smallest absolute Gasteiger partial charge is 0.248 e. The van der Waals surface area contributed by atoms with Crippen LogP contribution in [0.15, 0.2) is 58.3 Å². The highest BCUT2D eigenvalue weighted by molar-refractivity contribution is 8.00. The summed E-state index contributed by atoms with van der Waals surface area (Å²) >= 11 is 1.82. The molecule has 0 saturated heterocycles. The molecule has 1 amide bonds. The lowest BCUT2D eigenvalue weighted by atomic mass is 10.2. The van der Waals surface area contributed by atoms with Gasteiger partial charge in [0.1, 0.15) is 10.6 Å². The second-order valence-electron chi connectivity index (χ2n) is 6.96. The second-order valence-corrected chi connectivity index (χ2v) is 10.2. The third-order valence-electron chi connectivity index (χ3n) is 4.91. The van der Waals surface area contributed by atoms with E-state index in [1.165, 1.54) is 52.0 Å². The van der Waals surface area contributed by atoms with E-state index in [4.69, 9.17) is 4.74 Å². The van der Waals surface area contributed by atoms with Gasteiger partial charge >= 0.3 is 0 Å². The van der Waals surface area contributed by atoms with Gasteiger partial charge in [0.25, 0.3) is 0 Å². The third-order valence-corrected chi connectivity index (χ3v) is 7.76. The van der Waals surface area contributed by atoms with Crippen molar-refractivity contribution in [1.82, 2.24) is 4.72 Å². The number of rotatable bonds is 8. The molecule has 0 atom stereocenters. The van der Waals surface area contributed by atoms with Gasteiger partial charge < -0.3 is 10.1 Å². The molecule has 0 aliphatic heterocycles. The Morgan fingerprint density at radius 2 is 1.90 bits per heavy atom. The molecule has 0 spiro atoms. The second kappa shape index (κ2) is 10.1. The Morgan fingerprint density at radius 3 is 2.60 bits per heavy atom. The summed E-state index contributed by atoms with van der Waals surface area (Å²) in [5.41, 5.74) is 1.37. The number of para-hydroxylation sites is 1. The molecule has 0 bridgehead atoms. The van der Waals surface area contributed by atoms with Crippen LogP contribution in [0.3, 0.4) is 0 Å². The number of sulfonamides is 1. The molecule has 2 N–H and O–H groups in total. The molecule has 160 valence electrons. The van der Waals surface area contributed by atoms with Crippen LogP contribution < -0.4 is 14.8 Å². The predicted molar refractivity (Wildman–Crippen MR) is 121 cm³/mol. The molecule has 2 aromatic rings. The molecule has 0 heterocycles. The first kappa shape index (κ1) is 22.4. The molecule has 0 aromatic heterocycles. The Kier molecular flexibility index (Phi) is 7.58. The maximum atomic E-state index is 12.5. The highest BCUT2D eigenvalue weighted by Crippen LogP contribution is 2.38. The molecule has 1 saturated carbocycles. The molecule has 0 unspecified atom stereocenters. The van der Waals surface area contributed by atoms with Gasteiger partial charge in [-0.25, -0.2) is 13.1 Å².